The lowest BCUT2D eigenvalue weighted by molar-refractivity contribution is 0.0407. The van der Waals surface area contributed by atoms with E-state index in [4.69, 9.17) is 9.47 Å². The molecule has 0 aromatic heterocycles. The van der Waals surface area contributed by atoms with Gasteiger partial charge in [-0.1, -0.05) is 0 Å². The lowest BCUT2D eigenvalue weighted by atomic mass is 10.4. The van der Waals surface area contributed by atoms with Crippen LogP contribution in [0.15, 0.2) is 0 Å². The Hall–Kier alpha value is -0.170. The first-order valence-electron chi connectivity index (χ1n) is 4.70. The van der Waals surface area contributed by atoms with Crippen LogP contribution in [0.2, 0.25) is 0 Å². The van der Waals surface area contributed by atoms with E-state index < -0.39 is 10.0 Å². The standard InChI is InChI=1S/C8H17NO4S/c1-7(2)13-4-3-9-14(10,11)8-5-12-6-8/h7-9H,3-6H2,1-2H3. The minimum Gasteiger partial charge on any atom is -0.378 e. The lowest BCUT2D eigenvalue weighted by Crippen LogP contribution is -2.47. The summed E-state index contributed by atoms with van der Waals surface area (Å²) in [5.74, 6) is 0. The predicted octanol–water partition coefficient (Wildman–Crippen LogP) is -0.270. The van der Waals surface area contributed by atoms with E-state index in [1.54, 1.807) is 0 Å². The van der Waals surface area contributed by atoms with Crippen molar-refractivity contribution < 1.29 is 17.9 Å². The van der Waals surface area contributed by atoms with Gasteiger partial charge in [0.2, 0.25) is 10.0 Å². The van der Waals surface area contributed by atoms with Crippen LogP contribution < -0.4 is 4.72 Å². The Kier molecular flexibility index (Phi) is 4.31. The average molecular weight is 223 g/mol. The highest BCUT2D eigenvalue weighted by Gasteiger charge is 2.31. The highest BCUT2D eigenvalue weighted by Crippen LogP contribution is 2.09. The SMILES string of the molecule is CC(C)OCCNS(=O)(=O)C1COC1. The fourth-order valence-corrected chi connectivity index (χ4v) is 2.14. The van der Waals surface area contributed by atoms with E-state index in [1.807, 2.05) is 13.8 Å². The molecule has 1 N–H and O–H groups in total. The largest absolute Gasteiger partial charge is 0.378 e. The lowest BCUT2D eigenvalue weighted by Gasteiger charge is -2.25. The van der Waals surface area contributed by atoms with Crippen molar-refractivity contribution in [1.82, 2.24) is 4.72 Å². The van der Waals surface area contributed by atoms with Gasteiger partial charge >= 0.3 is 0 Å². The van der Waals surface area contributed by atoms with Crippen LogP contribution in [0.25, 0.3) is 0 Å². The molecule has 0 aromatic rings. The van der Waals surface area contributed by atoms with Crippen molar-refractivity contribution in [1.29, 1.82) is 0 Å². The van der Waals surface area contributed by atoms with Crippen molar-refractivity contribution in [2.24, 2.45) is 0 Å². The maximum absolute atomic E-state index is 11.4. The highest BCUT2D eigenvalue weighted by atomic mass is 32.2. The number of ether oxygens (including phenoxy) is 2. The van der Waals surface area contributed by atoms with Gasteiger partial charge in [-0.2, -0.15) is 0 Å². The van der Waals surface area contributed by atoms with Crippen molar-refractivity contribution in [3.05, 3.63) is 0 Å². The van der Waals surface area contributed by atoms with Gasteiger partial charge in [-0.05, 0) is 13.8 Å². The minimum absolute atomic E-state index is 0.131. The molecule has 0 aromatic carbocycles. The fourth-order valence-electron chi connectivity index (χ4n) is 0.990. The number of rotatable bonds is 6. The van der Waals surface area contributed by atoms with Gasteiger partial charge < -0.3 is 9.47 Å². The molecule has 0 bridgehead atoms. The molecule has 6 heteroatoms. The molecule has 0 saturated carbocycles. The fraction of sp³-hybridized carbons (Fsp3) is 1.00. The van der Waals surface area contributed by atoms with Crippen molar-refractivity contribution in [2.45, 2.75) is 25.2 Å². The third kappa shape index (κ3) is 3.53. The molecule has 0 spiro atoms. The summed E-state index contributed by atoms with van der Waals surface area (Å²) in [5.41, 5.74) is 0. The number of hydrogen-bond donors (Lipinski definition) is 1. The Balaban J connectivity index is 2.16. The smallest absolute Gasteiger partial charge is 0.219 e. The molecule has 1 rings (SSSR count). The summed E-state index contributed by atoms with van der Waals surface area (Å²) in [7, 11) is -3.18. The van der Waals surface area contributed by atoms with Crippen molar-refractivity contribution >= 4 is 10.0 Å². The van der Waals surface area contributed by atoms with Crippen LogP contribution >= 0.6 is 0 Å². The van der Waals surface area contributed by atoms with Crippen LogP contribution in [0.4, 0.5) is 0 Å². The van der Waals surface area contributed by atoms with Crippen LogP contribution in [0.3, 0.4) is 0 Å². The first-order chi connectivity index (χ1) is 6.52. The second-order valence-corrected chi connectivity index (χ2v) is 5.56. The van der Waals surface area contributed by atoms with E-state index in [9.17, 15) is 8.42 Å². The summed E-state index contributed by atoms with van der Waals surface area (Å²) in [6.07, 6.45) is 0.131. The summed E-state index contributed by atoms with van der Waals surface area (Å²) < 4.78 is 35.3. The Labute approximate surface area is 84.8 Å². The second kappa shape index (κ2) is 5.06. The van der Waals surface area contributed by atoms with Gasteiger partial charge in [0.25, 0.3) is 0 Å². The van der Waals surface area contributed by atoms with Gasteiger partial charge in [-0.25, -0.2) is 13.1 Å². The molecule has 1 aliphatic heterocycles. The van der Waals surface area contributed by atoms with Crippen LogP contribution in [0.1, 0.15) is 13.8 Å². The van der Waals surface area contributed by atoms with Crippen molar-refractivity contribution in [3.63, 3.8) is 0 Å². The minimum atomic E-state index is -3.18. The zero-order valence-corrected chi connectivity index (χ0v) is 9.34. The maximum Gasteiger partial charge on any atom is 0.219 e. The maximum atomic E-state index is 11.4. The predicted molar refractivity (Wildman–Crippen MR) is 52.6 cm³/mol. The van der Waals surface area contributed by atoms with Crippen LogP contribution in [0, 0.1) is 0 Å². The number of hydrogen-bond acceptors (Lipinski definition) is 4. The van der Waals surface area contributed by atoms with E-state index in [1.165, 1.54) is 0 Å². The van der Waals surface area contributed by atoms with Gasteiger partial charge in [0.05, 0.1) is 25.9 Å². The molecule has 0 amide bonds. The molecule has 1 fully saturated rings. The van der Waals surface area contributed by atoms with Gasteiger partial charge in [0.1, 0.15) is 5.25 Å². The van der Waals surface area contributed by atoms with Gasteiger partial charge in [-0.3, -0.25) is 0 Å². The molecular weight excluding hydrogens is 206 g/mol. The quantitative estimate of drug-likeness (QED) is 0.630. The molecule has 0 radical (unpaired) electrons. The topological polar surface area (TPSA) is 64.6 Å². The van der Waals surface area contributed by atoms with E-state index in [-0.39, 0.29) is 11.4 Å². The molecular formula is C8H17NO4S. The zero-order chi connectivity index (χ0) is 10.6. The molecule has 1 heterocycles. The summed E-state index contributed by atoms with van der Waals surface area (Å²) >= 11 is 0. The Bertz CT molecular complexity index is 259. The first kappa shape index (κ1) is 11.9. The number of nitrogens with one attached hydrogen (secondary N) is 1. The van der Waals surface area contributed by atoms with Crippen LogP contribution in [-0.4, -0.2) is 46.1 Å². The molecule has 0 unspecified atom stereocenters. The summed E-state index contributed by atoms with van der Waals surface area (Å²) in [6.45, 7) is 5.17. The molecule has 1 aliphatic rings. The summed E-state index contributed by atoms with van der Waals surface area (Å²) in [5, 5.41) is -0.374. The van der Waals surface area contributed by atoms with E-state index in [2.05, 4.69) is 4.72 Å². The highest BCUT2D eigenvalue weighted by molar-refractivity contribution is 7.90. The Morgan fingerprint density at radius 1 is 1.50 bits per heavy atom. The van der Waals surface area contributed by atoms with Gasteiger partial charge in [0, 0.05) is 6.54 Å². The monoisotopic (exact) mass is 223 g/mol. The van der Waals surface area contributed by atoms with Gasteiger partial charge in [-0.15, -0.1) is 0 Å². The molecule has 5 nitrogen and oxygen atoms in total. The third-order valence-corrected chi connectivity index (χ3v) is 3.66. The van der Waals surface area contributed by atoms with Crippen LogP contribution in [-0.2, 0) is 19.5 Å². The van der Waals surface area contributed by atoms with E-state index >= 15 is 0 Å². The van der Waals surface area contributed by atoms with E-state index in [0.29, 0.717) is 26.4 Å². The Morgan fingerprint density at radius 3 is 2.57 bits per heavy atom. The van der Waals surface area contributed by atoms with Gasteiger partial charge in [0.15, 0.2) is 0 Å². The normalized spacial score (nSPS) is 18.5. The van der Waals surface area contributed by atoms with E-state index in [0.717, 1.165) is 0 Å². The average Bonchev–Trinajstić information content (AvgIpc) is 1.93. The molecule has 1 saturated heterocycles. The molecule has 0 aliphatic carbocycles. The second-order valence-electron chi connectivity index (χ2n) is 3.52. The Morgan fingerprint density at radius 2 is 2.14 bits per heavy atom. The molecule has 0 atom stereocenters. The first-order valence-corrected chi connectivity index (χ1v) is 6.25. The number of sulfonamides is 1. The molecule has 84 valence electrons. The van der Waals surface area contributed by atoms with Crippen LogP contribution in [0.5, 0.6) is 0 Å². The zero-order valence-electron chi connectivity index (χ0n) is 8.52. The third-order valence-electron chi connectivity index (χ3n) is 1.90. The van der Waals surface area contributed by atoms with Crippen molar-refractivity contribution in [2.75, 3.05) is 26.4 Å². The van der Waals surface area contributed by atoms with Crippen molar-refractivity contribution in [3.8, 4) is 0 Å². The summed E-state index contributed by atoms with van der Waals surface area (Å²) in [6, 6.07) is 0. The summed E-state index contributed by atoms with van der Waals surface area (Å²) in [4.78, 5) is 0. The molecule has 14 heavy (non-hydrogen) atoms.